The predicted octanol–water partition coefficient (Wildman–Crippen LogP) is 2.23. The SMILES string of the molecule is COC(=O)C(C)NC(=O)c1ccc(OCCCN2CCCCC2)cc1. The van der Waals surface area contributed by atoms with Gasteiger partial charge in [-0.25, -0.2) is 4.79 Å². The molecule has 0 aromatic heterocycles. The molecule has 1 N–H and O–H groups in total. The molecule has 1 heterocycles. The van der Waals surface area contributed by atoms with Gasteiger partial charge in [-0.1, -0.05) is 6.42 Å². The number of likely N-dealkylation sites (tertiary alicyclic amines) is 1. The summed E-state index contributed by atoms with van der Waals surface area (Å²) in [6.45, 7) is 5.73. The fourth-order valence-electron chi connectivity index (χ4n) is 2.88. The van der Waals surface area contributed by atoms with E-state index in [2.05, 4.69) is 15.0 Å². The van der Waals surface area contributed by atoms with E-state index in [-0.39, 0.29) is 5.91 Å². The summed E-state index contributed by atoms with van der Waals surface area (Å²) in [5, 5.41) is 2.60. The van der Waals surface area contributed by atoms with Crippen LogP contribution < -0.4 is 10.1 Å². The van der Waals surface area contributed by atoms with Crippen molar-refractivity contribution < 1.29 is 19.1 Å². The van der Waals surface area contributed by atoms with Crippen molar-refractivity contribution in [3.63, 3.8) is 0 Å². The summed E-state index contributed by atoms with van der Waals surface area (Å²) in [6, 6.07) is 6.26. The number of nitrogens with one attached hydrogen (secondary N) is 1. The number of ether oxygens (including phenoxy) is 2. The Bertz CT molecular complexity index is 553. The lowest BCUT2D eigenvalue weighted by molar-refractivity contribution is -0.142. The molecule has 0 saturated carbocycles. The van der Waals surface area contributed by atoms with Crippen molar-refractivity contribution in [2.45, 2.75) is 38.6 Å². The van der Waals surface area contributed by atoms with Crippen molar-refractivity contribution in [3.8, 4) is 5.75 Å². The van der Waals surface area contributed by atoms with Crippen LogP contribution in [0.1, 0.15) is 43.0 Å². The molecule has 1 aliphatic heterocycles. The lowest BCUT2D eigenvalue weighted by atomic mass is 10.1. The Morgan fingerprint density at radius 3 is 2.48 bits per heavy atom. The summed E-state index contributed by atoms with van der Waals surface area (Å²) in [5.74, 6) is -0.0345. The number of piperidine rings is 1. The molecule has 1 saturated heterocycles. The highest BCUT2D eigenvalue weighted by Gasteiger charge is 2.16. The minimum atomic E-state index is -0.678. The quantitative estimate of drug-likeness (QED) is 0.576. The fraction of sp³-hybridized carbons (Fsp3) is 0.579. The molecule has 1 aromatic rings. The van der Waals surface area contributed by atoms with Crippen molar-refractivity contribution in [1.29, 1.82) is 0 Å². The number of hydrogen-bond donors (Lipinski definition) is 1. The molecule has 1 atom stereocenters. The lowest BCUT2D eigenvalue weighted by Gasteiger charge is -2.26. The molecule has 1 aliphatic rings. The van der Waals surface area contributed by atoms with Crippen molar-refractivity contribution >= 4 is 11.9 Å². The second-order valence-corrected chi connectivity index (χ2v) is 6.35. The Hall–Kier alpha value is -2.08. The van der Waals surface area contributed by atoms with Crippen molar-refractivity contribution in [3.05, 3.63) is 29.8 Å². The summed E-state index contributed by atoms with van der Waals surface area (Å²) in [6.07, 6.45) is 4.96. The summed E-state index contributed by atoms with van der Waals surface area (Å²) in [4.78, 5) is 25.9. The van der Waals surface area contributed by atoms with E-state index < -0.39 is 12.0 Å². The molecule has 0 spiro atoms. The van der Waals surface area contributed by atoms with Gasteiger partial charge in [-0.2, -0.15) is 0 Å². The summed E-state index contributed by atoms with van der Waals surface area (Å²) >= 11 is 0. The van der Waals surface area contributed by atoms with Gasteiger partial charge in [-0.05, 0) is 63.5 Å². The second kappa shape index (κ2) is 10.0. The number of carbonyl (C=O) groups excluding carboxylic acids is 2. The van der Waals surface area contributed by atoms with E-state index in [9.17, 15) is 9.59 Å². The number of esters is 1. The molecule has 138 valence electrons. The van der Waals surface area contributed by atoms with Gasteiger partial charge in [0, 0.05) is 12.1 Å². The number of rotatable bonds is 8. The zero-order chi connectivity index (χ0) is 18.1. The first-order valence-corrected chi connectivity index (χ1v) is 8.94. The van der Waals surface area contributed by atoms with Crippen LogP contribution in [-0.4, -0.2) is 56.2 Å². The normalized spacial score (nSPS) is 16.1. The smallest absolute Gasteiger partial charge is 0.328 e. The minimum Gasteiger partial charge on any atom is -0.494 e. The van der Waals surface area contributed by atoms with Gasteiger partial charge in [0.25, 0.3) is 5.91 Å². The molecule has 0 bridgehead atoms. The predicted molar refractivity (Wildman–Crippen MR) is 95.8 cm³/mol. The number of nitrogens with zero attached hydrogens (tertiary/aromatic N) is 1. The Balaban J connectivity index is 1.71. The zero-order valence-electron chi connectivity index (χ0n) is 15.1. The van der Waals surface area contributed by atoms with Crippen LogP contribution in [0.4, 0.5) is 0 Å². The average Bonchev–Trinajstić information content (AvgIpc) is 2.65. The van der Waals surface area contributed by atoms with Crippen molar-refractivity contribution in [1.82, 2.24) is 10.2 Å². The summed E-state index contributed by atoms with van der Waals surface area (Å²) in [5.41, 5.74) is 0.483. The molecule has 6 heteroatoms. The van der Waals surface area contributed by atoms with Crippen molar-refractivity contribution in [2.24, 2.45) is 0 Å². The maximum absolute atomic E-state index is 12.1. The molecule has 1 aromatic carbocycles. The Morgan fingerprint density at radius 2 is 1.84 bits per heavy atom. The van der Waals surface area contributed by atoms with E-state index in [0.29, 0.717) is 12.2 Å². The van der Waals surface area contributed by atoms with Crippen LogP contribution in [0.5, 0.6) is 5.75 Å². The third-order valence-electron chi connectivity index (χ3n) is 4.35. The lowest BCUT2D eigenvalue weighted by Crippen LogP contribution is -2.39. The fourth-order valence-corrected chi connectivity index (χ4v) is 2.88. The number of amides is 1. The van der Waals surface area contributed by atoms with Gasteiger partial charge in [0.05, 0.1) is 13.7 Å². The first-order chi connectivity index (χ1) is 12.1. The minimum absolute atomic E-state index is 0.311. The Kier molecular flexibility index (Phi) is 7.73. The van der Waals surface area contributed by atoms with Gasteiger partial charge in [-0.3, -0.25) is 4.79 Å². The molecular weight excluding hydrogens is 320 g/mol. The third kappa shape index (κ3) is 6.38. The first-order valence-electron chi connectivity index (χ1n) is 8.94. The number of benzene rings is 1. The number of methoxy groups -OCH3 is 1. The molecule has 1 fully saturated rings. The van der Waals surface area contributed by atoms with E-state index in [4.69, 9.17) is 4.74 Å². The highest BCUT2D eigenvalue weighted by atomic mass is 16.5. The van der Waals surface area contributed by atoms with Crippen LogP contribution >= 0.6 is 0 Å². The maximum atomic E-state index is 12.1. The van der Waals surface area contributed by atoms with Gasteiger partial charge in [0.1, 0.15) is 11.8 Å². The Labute approximate surface area is 149 Å². The van der Waals surface area contributed by atoms with E-state index in [1.165, 1.54) is 39.5 Å². The van der Waals surface area contributed by atoms with Gasteiger partial charge in [0.2, 0.25) is 0 Å². The van der Waals surface area contributed by atoms with E-state index >= 15 is 0 Å². The molecular formula is C19H28N2O4. The van der Waals surface area contributed by atoms with Crippen LogP contribution in [0.3, 0.4) is 0 Å². The van der Waals surface area contributed by atoms with E-state index in [1.807, 2.05) is 0 Å². The van der Waals surface area contributed by atoms with E-state index in [1.54, 1.807) is 31.2 Å². The topological polar surface area (TPSA) is 67.9 Å². The van der Waals surface area contributed by atoms with Crippen LogP contribution in [0.25, 0.3) is 0 Å². The zero-order valence-corrected chi connectivity index (χ0v) is 15.1. The third-order valence-corrected chi connectivity index (χ3v) is 4.35. The van der Waals surface area contributed by atoms with Crippen LogP contribution in [0.15, 0.2) is 24.3 Å². The van der Waals surface area contributed by atoms with Crippen molar-refractivity contribution in [2.75, 3.05) is 33.4 Å². The second-order valence-electron chi connectivity index (χ2n) is 6.35. The van der Waals surface area contributed by atoms with Crippen LogP contribution in [0, 0.1) is 0 Å². The molecule has 0 radical (unpaired) electrons. The standard InChI is InChI=1S/C19H28N2O4/c1-15(19(23)24-2)20-18(22)16-7-9-17(10-8-16)25-14-6-13-21-11-4-3-5-12-21/h7-10,15H,3-6,11-14H2,1-2H3,(H,20,22). The van der Waals surface area contributed by atoms with Crippen LogP contribution in [0.2, 0.25) is 0 Å². The molecule has 0 aliphatic carbocycles. The van der Waals surface area contributed by atoms with Gasteiger partial charge < -0.3 is 19.7 Å². The average molecular weight is 348 g/mol. The molecule has 1 unspecified atom stereocenters. The largest absolute Gasteiger partial charge is 0.494 e. The molecule has 2 rings (SSSR count). The Morgan fingerprint density at radius 1 is 1.16 bits per heavy atom. The van der Waals surface area contributed by atoms with Crippen LogP contribution in [-0.2, 0) is 9.53 Å². The van der Waals surface area contributed by atoms with E-state index in [0.717, 1.165) is 18.7 Å². The highest BCUT2D eigenvalue weighted by Crippen LogP contribution is 2.13. The highest BCUT2D eigenvalue weighted by molar-refractivity contribution is 5.96. The maximum Gasteiger partial charge on any atom is 0.328 e. The number of carbonyl (C=O) groups is 2. The monoisotopic (exact) mass is 348 g/mol. The van der Waals surface area contributed by atoms with Gasteiger partial charge >= 0.3 is 5.97 Å². The van der Waals surface area contributed by atoms with Gasteiger partial charge in [-0.15, -0.1) is 0 Å². The first kappa shape index (κ1) is 19.2. The van der Waals surface area contributed by atoms with Gasteiger partial charge in [0.15, 0.2) is 0 Å². The summed E-state index contributed by atoms with van der Waals surface area (Å²) < 4.78 is 10.3. The summed E-state index contributed by atoms with van der Waals surface area (Å²) in [7, 11) is 1.29. The molecule has 1 amide bonds. The number of hydrogen-bond acceptors (Lipinski definition) is 5. The molecule has 6 nitrogen and oxygen atoms in total. The molecule has 25 heavy (non-hydrogen) atoms.